The van der Waals surface area contributed by atoms with Crippen LogP contribution in [0.15, 0.2) is 30.3 Å². The molecule has 0 bridgehead atoms. The summed E-state index contributed by atoms with van der Waals surface area (Å²) in [6.07, 6.45) is 2.49. The molecule has 0 spiro atoms. The summed E-state index contributed by atoms with van der Waals surface area (Å²) in [7, 11) is 0. The zero-order valence-corrected chi connectivity index (χ0v) is 14.6. The number of hydrogen-bond acceptors (Lipinski definition) is 2. The first-order valence-corrected chi connectivity index (χ1v) is 8.54. The van der Waals surface area contributed by atoms with Crippen molar-refractivity contribution in [2.24, 2.45) is 0 Å². The van der Waals surface area contributed by atoms with Gasteiger partial charge in [-0.25, -0.2) is 0 Å². The number of carbonyl (C=O) groups excluding carboxylic acids is 1. The minimum atomic E-state index is 0.216. The van der Waals surface area contributed by atoms with Gasteiger partial charge in [-0.05, 0) is 64.3 Å². The van der Waals surface area contributed by atoms with Gasteiger partial charge in [0, 0.05) is 35.2 Å². The standard InChI is InChI=1S/C20H26N2O/c1-5-21(18-8-6-7-14(2)11-18)13-20(23)19-12-15(3)22(16(19)4)17-9-10-17/h6-8,11-12,17H,5,9-10,13H2,1-4H3. The summed E-state index contributed by atoms with van der Waals surface area (Å²) in [4.78, 5) is 15.0. The largest absolute Gasteiger partial charge is 0.364 e. The Morgan fingerprint density at radius 3 is 2.57 bits per heavy atom. The normalized spacial score (nSPS) is 14.1. The molecule has 2 aromatic rings. The molecular weight excluding hydrogens is 284 g/mol. The molecule has 122 valence electrons. The van der Waals surface area contributed by atoms with Crippen LogP contribution >= 0.6 is 0 Å². The Morgan fingerprint density at radius 2 is 1.96 bits per heavy atom. The summed E-state index contributed by atoms with van der Waals surface area (Å²) >= 11 is 0. The molecule has 0 N–H and O–H groups in total. The topological polar surface area (TPSA) is 25.2 Å². The molecule has 3 heteroatoms. The highest BCUT2D eigenvalue weighted by atomic mass is 16.1. The van der Waals surface area contributed by atoms with Gasteiger partial charge in [0.2, 0.25) is 0 Å². The molecule has 1 aromatic carbocycles. The second-order valence-corrected chi connectivity index (χ2v) is 6.66. The maximum atomic E-state index is 12.8. The number of benzene rings is 1. The lowest BCUT2D eigenvalue weighted by Crippen LogP contribution is -2.29. The van der Waals surface area contributed by atoms with Crippen LogP contribution in [0, 0.1) is 20.8 Å². The van der Waals surface area contributed by atoms with E-state index in [1.807, 2.05) is 0 Å². The van der Waals surface area contributed by atoms with Crippen molar-refractivity contribution in [3.63, 3.8) is 0 Å². The molecule has 1 fully saturated rings. The smallest absolute Gasteiger partial charge is 0.183 e. The number of ketones is 1. The number of rotatable bonds is 6. The Balaban J connectivity index is 1.81. The van der Waals surface area contributed by atoms with Gasteiger partial charge in [0.05, 0.1) is 6.54 Å². The van der Waals surface area contributed by atoms with Gasteiger partial charge >= 0.3 is 0 Å². The van der Waals surface area contributed by atoms with Crippen LogP contribution in [0.4, 0.5) is 5.69 Å². The lowest BCUT2D eigenvalue weighted by atomic mass is 10.1. The van der Waals surface area contributed by atoms with Crippen molar-refractivity contribution >= 4 is 11.5 Å². The number of nitrogens with zero attached hydrogens (tertiary/aromatic N) is 2. The lowest BCUT2D eigenvalue weighted by molar-refractivity contribution is 0.0998. The molecule has 3 rings (SSSR count). The molecule has 3 nitrogen and oxygen atoms in total. The summed E-state index contributed by atoms with van der Waals surface area (Å²) in [6.45, 7) is 9.65. The van der Waals surface area contributed by atoms with E-state index in [0.717, 1.165) is 23.5 Å². The van der Waals surface area contributed by atoms with E-state index >= 15 is 0 Å². The Morgan fingerprint density at radius 1 is 1.22 bits per heavy atom. The molecule has 1 aliphatic rings. The highest BCUT2D eigenvalue weighted by Gasteiger charge is 2.28. The monoisotopic (exact) mass is 310 g/mol. The van der Waals surface area contributed by atoms with Gasteiger partial charge in [0.1, 0.15) is 0 Å². The number of aromatic nitrogens is 1. The van der Waals surface area contributed by atoms with Gasteiger partial charge in [0.25, 0.3) is 0 Å². The van der Waals surface area contributed by atoms with Crippen molar-refractivity contribution in [2.75, 3.05) is 18.0 Å². The van der Waals surface area contributed by atoms with Gasteiger partial charge in [-0.15, -0.1) is 0 Å². The van der Waals surface area contributed by atoms with E-state index in [9.17, 15) is 4.79 Å². The number of aryl methyl sites for hydroxylation is 2. The van der Waals surface area contributed by atoms with E-state index in [1.54, 1.807) is 0 Å². The zero-order valence-electron chi connectivity index (χ0n) is 14.6. The molecule has 0 amide bonds. The SMILES string of the molecule is CCN(CC(=O)c1cc(C)n(C2CC2)c1C)c1cccc(C)c1. The van der Waals surface area contributed by atoms with Crippen LogP contribution in [0.3, 0.4) is 0 Å². The van der Waals surface area contributed by atoms with Crippen LogP contribution in [-0.2, 0) is 0 Å². The van der Waals surface area contributed by atoms with E-state index in [0.29, 0.717) is 12.6 Å². The van der Waals surface area contributed by atoms with Crippen LogP contribution in [0.5, 0.6) is 0 Å². The van der Waals surface area contributed by atoms with Gasteiger partial charge in [-0.3, -0.25) is 4.79 Å². The third-order valence-electron chi connectivity index (χ3n) is 4.78. The van der Waals surface area contributed by atoms with Crippen molar-refractivity contribution in [2.45, 2.75) is 46.6 Å². The third kappa shape index (κ3) is 3.19. The average Bonchev–Trinajstić information content (AvgIpc) is 3.30. The second kappa shape index (κ2) is 6.23. The number of likely N-dealkylation sites (N-methyl/N-ethyl adjacent to an activating group) is 1. The Hall–Kier alpha value is -2.03. The first-order chi connectivity index (χ1) is 11.0. The van der Waals surface area contributed by atoms with E-state index < -0.39 is 0 Å². The predicted octanol–water partition coefficient (Wildman–Crippen LogP) is 4.46. The van der Waals surface area contributed by atoms with Crippen molar-refractivity contribution < 1.29 is 4.79 Å². The van der Waals surface area contributed by atoms with Gasteiger partial charge < -0.3 is 9.47 Å². The Kier molecular flexibility index (Phi) is 4.29. The quantitative estimate of drug-likeness (QED) is 0.736. The van der Waals surface area contributed by atoms with Crippen molar-refractivity contribution in [3.8, 4) is 0 Å². The van der Waals surface area contributed by atoms with Crippen LogP contribution in [0.2, 0.25) is 0 Å². The van der Waals surface area contributed by atoms with Gasteiger partial charge in [0.15, 0.2) is 5.78 Å². The van der Waals surface area contributed by atoms with Crippen molar-refractivity contribution in [1.29, 1.82) is 0 Å². The maximum Gasteiger partial charge on any atom is 0.183 e. The lowest BCUT2D eigenvalue weighted by Gasteiger charge is -2.22. The maximum absolute atomic E-state index is 12.8. The number of Topliss-reactive ketones (excluding diaryl/α,β-unsaturated/α-hetero) is 1. The third-order valence-corrected chi connectivity index (χ3v) is 4.78. The van der Waals surface area contributed by atoms with Gasteiger partial charge in [-0.1, -0.05) is 12.1 Å². The van der Waals surface area contributed by atoms with Gasteiger partial charge in [-0.2, -0.15) is 0 Å². The summed E-state index contributed by atoms with van der Waals surface area (Å²) in [5.74, 6) is 0.216. The fraction of sp³-hybridized carbons (Fsp3) is 0.450. The van der Waals surface area contributed by atoms with Crippen LogP contribution < -0.4 is 4.90 Å². The fourth-order valence-electron chi connectivity index (χ4n) is 3.42. The first-order valence-electron chi connectivity index (χ1n) is 8.54. The zero-order chi connectivity index (χ0) is 16.6. The predicted molar refractivity (Wildman–Crippen MR) is 95.6 cm³/mol. The summed E-state index contributed by atoms with van der Waals surface area (Å²) < 4.78 is 2.34. The van der Waals surface area contributed by atoms with E-state index in [-0.39, 0.29) is 5.78 Å². The summed E-state index contributed by atoms with van der Waals surface area (Å²) in [5.41, 5.74) is 5.58. The molecular formula is C20H26N2O. The Labute approximate surface area is 138 Å². The van der Waals surface area contributed by atoms with Crippen LogP contribution in [0.1, 0.15) is 53.1 Å². The number of hydrogen-bond donors (Lipinski definition) is 0. The molecule has 0 atom stereocenters. The van der Waals surface area contributed by atoms with Crippen LogP contribution in [-0.4, -0.2) is 23.4 Å². The average molecular weight is 310 g/mol. The van der Waals surface area contributed by atoms with E-state index in [2.05, 4.69) is 67.5 Å². The molecule has 1 saturated carbocycles. The first kappa shape index (κ1) is 15.9. The van der Waals surface area contributed by atoms with Crippen LogP contribution in [0.25, 0.3) is 0 Å². The molecule has 1 aromatic heterocycles. The second-order valence-electron chi connectivity index (χ2n) is 6.66. The molecule has 0 saturated heterocycles. The van der Waals surface area contributed by atoms with Crippen molar-refractivity contribution in [3.05, 3.63) is 52.8 Å². The highest BCUT2D eigenvalue weighted by Crippen LogP contribution is 2.38. The molecule has 0 radical (unpaired) electrons. The van der Waals surface area contributed by atoms with E-state index in [4.69, 9.17) is 0 Å². The van der Waals surface area contributed by atoms with Crippen molar-refractivity contribution in [1.82, 2.24) is 4.57 Å². The summed E-state index contributed by atoms with van der Waals surface area (Å²) in [5, 5.41) is 0. The minimum Gasteiger partial charge on any atom is -0.364 e. The molecule has 0 unspecified atom stereocenters. The molecule has 23 heavy (non-hydrogen) atoms. The fourth-order valence-corrected chi connectivity index (χ4v) is 3.42. The highest BCUT2D eigenvalue weighted by molar-refractivity contribution is 6.00. The molecule has 0 aliphatic heterocycles. The molecule has 1 aliphatic carbocycles. The number of anilines is 1. The minimum absolute atomic E-state index is 0.216. The summed E-state index contributed by atoms with van der Waals surface area (Å²) in [6, 6.07) is 11.1. The number of carbonyl (C=O) groups is 1. The van der Waals surface area contributed by atoms with E-state index in [1.165, 1.54) is 24.1 Å². The molecule has 1 heterocycles. The Bertz CT molecular complexity index is 725.